The van der Waals surface area contributed by atoms with E-state index in [1.165, 1.54) is 0 Å². The topological polar surface area (TPSA) is 73.9 Å². The third-order valence-electron chi connectivity index (χ3n) is 2.44. The second kappa shape index (κ2) is 6.72. The van der Waals surface area contributed by atoms with Gasteiger partial charge in [0.25, 0.3) is 0 Å². The van der Waals surface area contributed by atoms with E-state index in [0.717, 1.165) is 18.5 Å². The van der Waals surface area contributed by atoms with Crippen molar-refractivity contribution in [2.24, 2.45) is 0 Å². The molecule has 1 N–H and O–H groups in total. The molecule has 0 heterocycles. The summed E-state index contributed by atoms with van der Waals surface area (Å²) < 4.78 is 41.6. The minimum Gasteiger partial charge on any atom is -0.197 e. The van der Waals surface area contributed by atoms with Gasteiger partial charge in [-0.1, -0.05) is 10.8 Å². The lowest BCUT2D eigenvalue weighted by molar-refractivity contribution is -0.255. The van der Waals surface area contributed by atoms with Crippen LogP contribution in [0.2, 0.25) is 0 Å². The van der Waals surface area contributed by atoms with Gasteiger partial charge in [-0.05, 0) is 23.8 Å². The quantitative estimate of drug-likeness (QED) is 0.338. The molecule has 0 aromatic rings. The highest BCUT2D eigenvalue weighted by Crippen LogP contribution is 2.25. The smallest absolute Gasteiger partial charge is 0.197 e. The highest BCUT2D eigenvalue weighted by Gasteiger charge is 2.33. The molecule has 0 bridgehead atoms. The Labute approximate surface area is 97.9 Å². The summed E-state index contributed by atoms with van der Waals surface area (Å²) in [4.78, 5) is 4.60. The molecule has 0 radical (unpaired) electrons. The summed E-state index contributed by atoms with van der Waals surface area (Å²) in [6.45, 7) is 0. The summed E-state index contributed by atoms with van der Waals surface area (Å²) in [6, 6.07) is -0.184. The van der Waals surface area contributed by atoms with E-state index in [4.69, 9.17) is 0 Å². The van der Waals surface area contributed by atoms with Gasteiger partial charge in [-0.3, -0.25) is 0 Å². The molecule has 1 saturated carbocycles. The largest absolute Gasteiger partial charge is 0.300 e. The van der Waals surface area contributed by atoms with Crippen molar-refractivity contribution in [2.45, 2.75) is 37.0 Å². The van der Waals surface area contributed by atoms with Gasteiger partial charge >= 0.3 is 10.1 Å². The molecule has 2 atom stereocenters. The molecule has 96 valence electrons. The average Bonchev–Trinajstić information content (AvgIpc) is 2.30. The van der Waals surface area contributed by atoms with Crippen LogP contribution in [0.3, 0.4) is 0 Å². The standard InChI is InChI=1S/C7H14FNO5S2/c1-15-14-13-9-6-3-2-4-7(5-6)16(10,11)12-8/h6-7,9H,2-5H2,1H3. The van der Waals surface area contributed by atoms with Crippen LogP contribution >= 0.6 is 12.0 Å². The SMILES string of the molecule is CSOONC1CCCC(S(=O)(=O)OF)C1. The van der Waals surface area contributed by atoms with Crippen LogP contribution in [-0.4, -0.2) is 26.0 Å². The van der Waals surface area contributed by atoms with Crippen molar-refractivity contribution in [3.8, 4) is 0 Å². The maximum absolute atomic E-state index is 11.8. The molecule has 0 aromatic heterocycles. The van der Waals surface area contributed by atoms with Crippen LogP contribution in [0, 0.1) is 0 Å². The van der Waals surface area contributed by atoms with Crippen LogP contribution in [0.15, 0.2) is 0 Å². The van der Waals surface area contributed by atoms with Gasteiger partial charge in [0.1, 0.15) is 0 Å². The lowest BCUT2D eigenvalue weighted by atomic mass is 9.96. The van der Waals surface area contributed by atoms with Crippen molar-refractivity contribution < 1.29 is 26.7 Å². The van der Waals surface area contributed by atoms with Crippen molar-refractivity contribution in [3.05, 3.63) is 0 Å². The van der Waals surface area contributed by atoms with Crippen molar-refractivity contribution in [3.63, 3.8) is 0 Å². The molecule has 1 rings (SSSR count). The Morgan fingerprint density at radius 2 is 2.19 bits per heavy atom. The fourth-order valence-electron chi connectivity index (χ4n) is 1.69. The van der Waals surface area contributed by atoms with Gasteiger partial charge in [0.15, 0.2) is 0 Å². The highest BCUT2D eigenvalue weighted by atomic mass is 32.2. The van der Waals surface area contributed by atoms with Gasteiger partial charge in [0.05, 0.1) is 5.25 Å². The van der Waals surface area contributed by atoms with Crippen molar-refractivity contribution >= 4 is 22.2 Å². The van der Waals surface area contributed by atoms with E-state index in [2.05, 4.69) is 19.2 Å². The summed E-state index contributed by atoms with van der Waals surface area (Å²) in [5.74, 6) is 0. The molecular formula is C7H14FNO5S2. The number of hydroxylamine groups is 1. The van der Waals surface area contributed by atoms with Crippen LogP contribution in [0.5, 0.6) is 0 Å². The molecule has 0 amide bonds. The summed E-state index contributed by atoms with van der Waals surface area (Å²) in [5.41, 5.74) is 2.56. The molecule has 1 aliphatic rings. The first kappa shape index (κ1) is 14.1. The lowest BCUT2D eigenvalue weighted by Gasteiger charge is -2.26. The Hall–Kier alpha value is 0.0700. The number of nitrogens with one attached hydrogen (secondary N) is 1. The van der Waals surface area contributed by atoms with Gasteiger partial charge in [-0.25, -0.2) is 0 Å². The van der Waals surface area contributed by atoms with Crippen molar-refractivity contribution in [2.75, 3.05) is 6.26 Å². The Kier molecular flexibility index (Phi) is 5.94. The number of halogens is 1. The molecule has 0 saturated heterocycles. The maximum Gasteiger partial charge on any atom is 0.300 e. The molecule has 6 nitrogen and oxygen atoms in total. The van der Waals surface area contributed by atoms with Gasteiger partial charge in [0, 0.05) is 24.3 Å². The predicted molar refractivity (Wildman–Crippen MR) is 56.0 cm³/mol. The van der Waals surface area contributed by atoms with Gasteiger partial charge in [-0.2, -0.15) is 13.9 Å². The van der Waals surface area contributed by atoms with E-state index in [9.17, 15) is 12.9 Å². The van der Waals surface area contributed by atoms with Crippen LogP contribution in [0.1, 0.15) is 25.7 Å². The first-order valence-corrected chi connectivity index (χ1v) is 7.38. The third kappa shape index (κ3) is 4.15. The molecule has 0 aromatic carbocycles. The summed E-state index contributed by atoms with van der Waals surface area (Å²) in [5, 5.41) is -0.832. The Morgan fingerprint density at radius 1 is 1.44 bits per heavy atom. The number of hydrogen-bond donors (Lipinski definition) is 1. The third-order valence-corrected chi connectivity index (χ3v) is 4.06. The minimum atomic E-state index is -4.09. The summed E-state index contributed by atoms with van der Waals surface area (Å²) in [6.07, 6.45) is 3.72. The van der Waals surface area contributed by atoms with Gasteiger partial charge in [0.2, 0.25) is 0 Å². The van der Waals surface area contributed by atoms with Gasteiger partial charge in [-0.15, -0.1) is 9.32 Å². The van der Waals surface area contributed by atoms with Crippen LogP contribution in [-0.2, 0) is 23.8 Å². The minimum absolute atomic E-state index is 0.184. The van der Waals surface area contributed by atoms with E-state index in [1.54, 1.807) is 6.26 Å². The molecular weight excluding hydrogens is 261 g/mol. The molecule has 2 unspecified atom stereocenters. The van der Waals surface area contributed by atoms with E-state index in [1.807, 2.05) is 0 Å². The van der Waals surface area contributed by atoms with Crippen LogP contribution in [0.25, 0.3) is 0 Å². The fourth-order valence-corrected chi connectivity index (χ4v) is 2.82. The fraction of sp³-hybridized carbons (Fsp3) is 1.00. The summed E-state index contributed by atoms with van der Waals surface area (Å²) >= 11 is 1.01. The first-order chi connectivity index (χ1) is 7.60. The zero-order valence-electron chi connectivity index (χ0n) is 8.72. The van der Waals surface area contributed by atoms with Crippen LogP contribution in [0.4, 0.5) is 4.53 Å². The first-order valence-electron chi connectivity index (χ1n) is 4.76. The molecule has 1 aliphatic carbocycles. The molecule has 0 spiro atoms. The molecule has 1 fully saturated rings. The van der Waals surface area contributed by atoms with E-state index < -0.39 is 15.4 Å². The lowest BCUT2D eigenvalue weighted by Crippen LogP contribution is -2.38. The van der Waals surface area contributed by atoms with Crippen molar-refractivity contribution in [1.82, 2.24) is 5.48 Å². The zero-order chi connectivity index (χ0) is 12.0. The van der Waals surface area contributed by atoms with Crippen LogP contribution < -0.4 is 5.48 Å². The maximum atomic E-state index is 11.8. The van der Waals surface area contributed by atoms with Gasteiger partial charge < -0.3 is 0 Å². The monoisotopic (exact) mass is 275 g/mol. The van der Waals surface area contributed by atoms with E-state index >= 15 is 0 Å². The molecule has 0 aliphatic heterocycles. The average molecular weight is 275 g/mol. The highest BCUT2D eigenvalue weighted by molar-refractivity contribution is 7.93. The normalized spacial score (nSPS) is 26.9. The second-order valence-electron chi connectivity index (χ2n) is 3.48. The number of hydrogen-bond acceptors (Lipinski definition) is 7. The van der Waals surface area contributed by atoms with Crippen molar-refractivity contribution in [1.29, 1.82) is 0 Å². The second-order valence-corrected chi connectivity index (χ2v) is 5.72. The zero-order valence-corrected chi connectivity index (χ0v) is 10.4. The van der Waals surface area contributed by atoms with E-state index in [0.29, 0.717) is 12.8 Å². The summed E-state index contributed by atoms with van der Waals surface area (Å²) in [7, 11) is -4.09. The molecule has 9 heteroatoms. The Bertz CT molecular complexity index is 299. The predicted octanol–water partition coefficient (Wildman–Crippen LogP) is 1.26. The molecule has 16 heavy (non-hydrogen) atoms. The number of rotatable bonds is 6. The van der Waals surface area contributed by atoms with E-state index in [-0.39, 0.29) is 12.5 Å². The Morgan fingerprint density at radius 3 is 2.81 bits per heavy atom. The Balaban J connectivity index is 2.41.